The molecule has 1 N–H and O–H groups in total. The molecule has 0 heterocycles. The largest absolute Gasteiger partial charge is 0.423 e. The zero-order valence-corrected chi connectivity index (χ0v) is 12.4. The van der Waals surface area contributed by atoms with Crippen molar-refractivity contribution in [2.24, 2.45) is 5.10 Å². The molecule has 0 unspecified atom stereocenters. The molecule has 0 atom stereocenters. The maximum Gasteiger partial charge on any atom is 0.343 e. The Kier molecular flexibility index (Phi) is 5.03. The molecule has 5 heteroatoms. The fraction of sp³-hybridized carbons (Fsp3) is 0.118. The molecule has 0 aliphatic carbocycles. The minimum Gasteiger partial charge on any atom is -0.423 e. The lowest BCUT2D eigenvalue weighted by atomic mass is 10.1. The van der Waals surface area contributed by atoms with Crippen LogP contribution < -0.4 is 10.2 Å². The molecule has 112 valence electrons. The molecule has 2 aromatic carbocycles. The summed E-state index contributed by atoms with van der Waals surface area (Å²) in [5, 5.41) is 3.76. The fourth-order valence-electron chi connectivity index (χ4n) is 1.78. The van der Waals surface area contributed by atoms with Crippen molar-refractivity contribution in [2.75, 3.05) is 0 Å². The first-order valence-corrected chi connectivity index (χ1v) is 6.74. The molecule has 0 aliphatic rings. The predicted molar refractivity (Wildman–Crippen MR) is 84.0 cm³/mol. The third-order valence-electron chi connectivity index (χ3n) is 2.89. The summed E-state index contributed by atoms with van der Waals surface area (Å²) in [7, 11) is 0. The maximum absolute atomic E-state index is 12.1. The van der Waals surface area contributed by atoms with Crippen molar-refractivity contribution in [2.45, 2.75) is 13.8 Å². The quantitative estimate of drug-likeness (QED) is 0.408. The first-order chi connectivity index (χ1) is 10.6. The number of esters is 1. The molecule has 0 fully saturated rings. The Morgan fingerprint density at radius 2 is 1.77 bits per heavy atom. The number of aryl methyl sites for hydroxylation is 1. The summed E-state index contributed by atoms with van der Waals surface area (Å²) in [6.07, 6.45) is 1.51. The molecule has 1 amide bonds. The summed E-state index contributed by atoms with van der Waals surface area (Å²) >= 11 is 0. The molecule has 2 aromatic rings. The van der Waals surface area contributed by atoms with E-state index in [2.05, 4.69) is 10.5 Å². The van der Waals surface area contributed by atoms with Gasteiger partial charge in [-0.3, -0.25) is 4.79 Å². The van der Waals surface area contributed by atoms with Crippen molar-refractivity contribution in [1.29, 1.82) is 0 Å². The number of hydrogen-bond acceptors (Lipinski definition) is 4. The molecule has 22 heavy (non-hydrogen) atoms. The van der Waals surface area contributed by atoms with E-state index >= 15 is 0 Å². The van der Waals surface area contributed by atoms with Crippen LogP contribution in [0.1, 0.15) is 28.4 Å². The minimum atomic E-state index is -0.391. The third-order valence-corrected chi connectivity index (χ3v) is 2.89. The smallest absolute Gasteiger partial charge is 0.343 e. The van der Waals surface area contributed by atoms with Crippen LogP contribution in [-0.2, 0) is 4.79 Å². The molecule has 0 bridgehead atoms. The predicted octanol–water partition coefficient (Wildman–Crippen LogP) is 2.68. The molecule has 0 saturated heterocycles. The van der Waals surface area contributed by atoms with E-state index in [1.54, 1.807) is 36.4 Å². The van der Waals surface area contributed by atoms with Gasteiger partial charge in [0.25, 0.3) is 0 Å². The van der Waals surface area contributed by atoms with Crippen LogP contribution in [0.3, 0.4) is 0 Å². The summed E-state index contributed by atoms with van der Waals surface area (Å²) in [6.45, 7) is 3.24. The van der Waals surface area contributed by atoms with Crippen LogP contribution in [-0.4, -0.2) is 18.1 Å². The van der Waals surface area contributed by atoms with Gasteiger partial charge in [0.05, 0.1) is 11.8 Å². The normalized spacial score (nSPS) is 10.5. The van der Waals surface area contributed by atoms with Gasteiger partial charge in [0, 0.05) is 6.92 Å². The van der Waals surface area contributed by atoms with Crippen LogP contribution in [0.2, 0.25) is 0 Å². The van der Waals surface area contributed by atoms with E-state index in [1.807, 2.05) is 19.1 Å². The lowest BCUT2D eigenvalue weighted by Crippen LogP contribution is -2.12. The van der Waals surface area contributed by atoms with Gasteiger partial charge in [-0.05, 0) is 48.4 Å². The summed E-state index contributed by atoms with van der Waals surface area (Å²) < 4.78 is 5.33. The van der Waals surface area contributed by atoms with Crippen LogP contribution >= 0.6 is 0 Å². The Morgan fingerprint density at radius 1 is 1.09 bits per heavy atom. The highest BCUT2D eigenvalue weighted by Gasteiger charge is 2.10. The van der Waals surface area contributed by atoms with E-state index in [1.165, 1.54) is 13.1 Å². The van der Waals surface area contributed by atoms with E-state index in [0.717, 1.165) is 11.1 Å². The molecule has 0 spiro atoms. The summed E-state index contributed by atoms with van der Waals surface area (Å²) in [6, 6.07) is 14.1. The van der Waals surface area contributed by atoms with Crippen LogP contribution in [0, 0.1) is 6.92 Å². The van der Waals surface area contributed by atoms with Gasteiger partial charge in [0.1, 0.15) is 5.75 Å². The number of nitrogens with one attached hydrogen (secondary N) is 1. The fourth-order valence-corrected chi connectivity index (χ4v) is 1.78. The number of carbonyl (C=O) groups is 2. The molecule has 0 aromatic heterocycles. The van der Waals surface area contributed by atoms with E-state index < -0.39 is 5.97 Å². The topological polar surface area (TPSA) is 67.8 Å². The van der Waals surface area contributed by atoms with Gasteiger partial charge < -0.3 is 4.74 Å². The number of benzene rings is 2. The number of rotatable bonds is 4. The second kappa shape index (κ2) is 7.17. The average molecular weight is 296 g/mol. The van der Waals surface area contributed by atoms with Crippen LogP contribution in [0.15, 0.2) is 53.6 Å². The highest BCUT2D eigenvalue weighted by atomic mass is 16.5. The Hall–Kier alpha value is -2.95. The van der Waals surface area contributed by atoms with Gasteiger partial charge in [-0.25, -0.2) is 10.2 Å². The Balaban J connectivity index is 2.02. The molecule has 0 radical (unpaired) electrons. The van der Waals surface area contributed by atoms with Gasteiger partial charge in [0.15, 0.2) is 0 Å². The highest BCUT2D eigenvalue weighted by Crippen LogP contribution is 2.15. The van der Waals surface area contributed by atoms with Gasteiger partial charge in [-0.15, -0.1) is 0 Å². The highest BCUT2D eigenvalue weighted by molar-refractivity contribution is 5.92. The van der Waals surface area contributed by atoms with Gasteiger partial charge >= 0.3 is 5.97 Å². The second-order valence-corrected chi connectivity index (χ2v) is 4.70. The first-order valence-electron chi connectivity index (χ1n) is 6.74. The van der Waals surface area contributed by atoms with Crippen molar-refractivity contribution in [3.05, 3.63) is 65.2 Å². The Morgan fingerprint density at radius 3 is 2.41 bits per heavy atom. The van der Waals surface area contributed by atoms with Crippen LogP contribution in [0.5, 0.6) is 5.75 Å². The zero-order chi connectivity index (χ0) is 15.9. The van der Waals surface area contributed by atoms with Crippen LogP contribution in [0.25, 0.3) is 0 Å². The first kappa shape index (κ1) is 15.4. The molecular weight excluding hydrogens is 280 g/mol. The number of amides is 1. The SMILES string of the molecule is CC(=O)N/N=C/c1ccc(OC(=O)c2ccccc2C)cc1. The summed E-state index contributed by atoms with van der Waals surface area (Å²) in [5.74, 6) is -0.178. The molecule has 2 rings (SSSR count). The number of hydrogen-bond donors (Lipinski definition) is 1. The monoisotopic (exact) mass is 296 g/mol. The van der Waals surface area contributed by atoms with E-state index in [0.29, 0.717) is 11.3 Å². The number of ether oxygens (including phenoxy) is 1. The van der Waals surface area contributed by atoms with Crippen LogP contribution in [0.4, 0.5) is 0 Å². The summed E-state index contributed by atoms with van der Waals surface area (Å²) in [5.41, 5.74) is 4.50. The maximum atomic E-state index is 12.1. The van der Waals surface area contributed by atoms with Crippen molar-refractivity contribution < 1.29 is 14.3 Å². The molecule has 5 nitrogen and oxygen atoms in total. The molecule has 0 saturated carbocycles. The van der Waals surface area contributed by atoms with Gasteiger partial charge in [0.2, 0.25) is 5.91 Å². The minimum absolute atomic E-state index is 0.236. The summed E-state index contributed by atoms with van der Waals surface area (Å²) in [4.78, 5) is 22.8. The van der Waals surface area contributed by atoms with Gasteiger partial charge in [-0.1, -0.05) is 18.2 Å². The second-order valence-electron chi connectivity index (χ2n) is 4.70. The molecule has 0 aliphatic heterocycles. The van der Waals surface area contributed by atoms with Crippen molar-refractivity contribution in [1.82, 2.24) is 5.43 Å². The van der Waals surface area contributed by atoms with E-state index in [4.69, 9.17) is 4.74 Å². The number of carbonyl (C=O) groups excluding carboxylic acids is 2. The van der Waals surface area contributed by atoms with Crippen molar-refractivity contribution in [3.63, 3.8) is 0 Å². The Labute approximate surface area is 128 Å². The third kappa shape index (κ3) is 4.28. The number of nitrogens with zero attached hydrogens (tertiary/aromatic N) is 1. The molecular formula is C17H16N2O3. The van der Waals surface area contributed by atoms with E-state index in [-0.39, 0.29) is 5.91 Å². The average Bonchev–Trinajstić information content (AvgIpc) is 2.49. The Bertz CT molecular complexity index is 706. The lowest BCUT2D eigenvalue weighted by Gasteiger charge is -2.06. The van der Waals surface area contributed by atoms with Gasteiger partial charge in [-0.2, -0.15) is 5.10 Å². The van der Waals surface area contributed by atoms with E-state index in [9.17, 15) is 9.59 Å². The number of hydrazone groups is 1. The van der Waals surface area contributed by atoms with Crippen molar-refractivity contribution >= 4 is 18.1 Å². The standard InChI is InChI=1S/C17H16N2O3/c1-12-5-3-4-6-16(12)17(21)22-15-9-7-14(8-10-15)11-18-19-13(2)20/h3-11H,1-2H3,(H,19,20)/b18-11+. The lowest BCUT2D eigenvalue weighted by molar-refractivity contribution is -0.118. The van der Waals surface area contributed by atoms with Crippen molar-refractivity contribution in [3.8, 4) is 5.75 Å². The zero-order valence-electron chi connectivity index (χ0n) is 12.4.